The predicted molar refractivity (Wildman–Crippen MR) is 63.5 cm³/mol. The lowest BCUT2D eigenvalue weighted by Crippen LogP contribution is -2.11. The first kappa shape index (κ1) is 13.0. The Hall–Kier alpha value is -2.09. The molecule has 0 fully saturated rings. The van der Waals surface area contributed by atoms with Crippen LogP contribution in [0.1, 0.15) is 25.3 Å². The molecule has 0 radical (unpaired) electrons. The number of hydrogen-bond acceptors (Lipinski definition) is 4. The van der Waals surface area contributed by atoms with Gasteiger partial charge in [-0.3, -0.25) is 4.79 Å². The van der Waals surface area contributed by atoms with Gasteiger partial charge in [-0.2, -0.15) is 5.26 Å². The second-order valence-corrected chi connectivity index (χ2v) is 3.85. The van der Waals surface area contributed by atoms with Gasteiger partial charge in [-0.15, -0.1) is 0 Å². The topological polar surface area (TPSA) is 86.0 Å². The second-order valence-electron chi connectivity index (χ2n) is 3.85. The Morgan fingerprint density at radius 3 is 2.94 bits per heavy atom. The van der Waals surface area contributed by atoms with Crippen molar-refractivity contribution in [1.29, 1.82) is 5.26 Å². The van der Waals surface area contributed by atoms with Gasteiger partial charge in [-0.05, 0) is 25.0 Å². The molecule has 0 aliphatic heterocycles. The molecule has 0 saturated carbocycles. The minimum absolute atomic E-state index is 0.314. The van der Waals surface area contributed by atoms with E-state index < -0.39 is 5.97 Å². The number of aliphatic carboxylic acids is 1. The van der Waals surface area contributed by atoms with Crippen molar-refractivity contribution in [1.82, 2.24) is 4.98 Å². The number of rotatable bonds is 6. The highest BCUT2D eigenvalue weighted by atomic mass is 16.4. The lowest BCUT2D eigenvalue weighted by Gasteiger charge is -2.07. The summed E-state index contributed by atoms with van der Waals surface area (Å²) in [4.78, 5) is 14.6. The Morgan fingerprint density at radius 2 is 2.41 bits per heavy atom. The summed E-state index contributed by atoms with van der Waals surface area (Å²) in [6, 6.07) is 5.42. The van der Waals surface area contributed by atoms with Crippen molar-refractivity contribution in [2.75, 3.05) is 11.9 Å². The zero-order valence-corrected chi connectivity index (χ0v) is 9.68. The SMILES string of the molecule is CC(CCCNc1ccc(C#N)cn1)C(=O)O. The predicted octanol–water partition coefficient (Wildman–Crippen LogP) is 1.87. The van der Waals surface area contributed by atoms with E-state index in [1.54, 1.807) is 19.1 Å². The van der Waals surface area contributed by atoms with Gasteiger partial charge in [0.1, 0.15) is 11.9 Å². The van der Waals surface area contributed by atoms with Crippen molar-refractivity contribution in [2.24, 2.45) is 5.92 Å². The maximum absolute atomic E-state index is 10.6. The Balaban J connectivity index is 2.27. The summed E-state index contributed by atoms with van der Waals surface area (Å²) in [7, 11) is 0. The first-order chi connectivity index (χ1) is 8.13. The summed E-state index contributed by atoms with van der Waals surface area (Å²) in [5.41, 5.74) is 0.523. The van der Waals surface area contributed by atoms with Gasteiger partial charge in [-0.1, -0.05) is 6.92 Å². The quantitative estimate of drug-likeness (QED) is 0.732. The maximum atomic E-state index is 10.6. The third kappa shape index (κ3) is 4.51. The van der Waals surface area contributed by atoms with Gasteiger partial charge in [0.25, 0.3) is 0 Å². The molecule has 0 spiro atoms. The molecule has 1 heterocycles. The van der Waals surface area contributed by atoms with Crippen molar-refractivity contribution in [2.45, 2.75) is 19.8 Å². The summed E-state index contributed by atoms with van der Waals surface area (Å²) in [6.07, 6.45) is 2.91. The first-order valence-electron chi connectivity index (χ1n) is 5.46. The number of carboxylic acid groups (broad SMARTS) is 1. The molecule has 1 aromatic heterocycles. The minimum atomic E-state index is -0.763. The van der Waals surface area contributed by atoms with E-state index in [1.165, 1.54) is 6.20 Å². The summed E-state index contributed by atoms with van der Waals surface area (Å²) in [5.74, 6) is -0.376. The van der Waals surface area contributed by atoms with E-state index in [9.17, 15) is 4.79 Å². The van der Waals surface area contributed by atoms with Crippen molar-refractivity contribution in [3.63, 3.8) is 0 Å². The van der Waals surface area contributed by atoms with E-state index in [4.69, 9.17) is 10.4 Å². The Kier molecular flexibility index (Phi) is 4.95. The monoisotopic (exact) mass is 233 g/mol. The van der Waals surface area contributed by atoms with Crippen LogP contribution >= 0.6 is 0 Å². The van der Waals surface area contributed by atoms with Gasteiger partial charge in [0.05, 0.1) is 11.5 Å². The van der Waals surface area contributed by atoms with Crippen LogP contribution in [0.25, 0.3) is 0 Å². The Bertz CT molecular complexity index is 409. The van der Waals surface area contributed by atoms with Crippen LogP contribution in [0.3, 0.4) is 0 Å². The van der Waals surface area contributed by atoms with Crippen LogP contribution in [-0.4, -0.2) is 22.6 Å². The van der Waals surface area contributed by atoms with E-state index in [2.05, 4.69) is 10.3 Å². The lowest BCUT2D eigenvalue weighted by molar-refractivity contribution is -0.141. The van der Waals surface area contributed by atoms with E-state index in [0.717, 1.165) is 6.42 Å². The standard InChI is InChI=1S/C12H15N3O2/c1-9(12(16)17)3-2-6-14-11-5-4-10(7-13)8-15-11/h4-5,8-9H,2-3,6H2,1H3,(H,14,15)(H,16,17). The number of pyridine rings is 1. The normalized spacial score (nSPS) is 11.5. The van der Waals surface area contributed by atoms with Crippen LogP contribution in [0.4, 0.5) is 5.82 Å². The van der Waals surface area contributed by atoms with E-state index in [-0.39, 0.29) is 5.92 Å². The fourth-order valence-electron chi connectivity index (χ4n) is 1.31. The molecule has 1 atom stereocenters. The summed E-state index contributed by atoms with van der Waals surface area (Å²) >= 11 is 0. The summed E-state index contributed by atoms with van der Waals surface area (Å²) in [5, 5.41) is 20.4. The largest absolute Gasteiger partial charge is 0.481 e. The average molecular weight is 233 g/mol. The Morgan fingerprint density at radius 1 is 1.65 bits per heavy atom. The van der Waals surface area contributed by atoms with Crippen LogP contribution < -0.4 is 5.32 Å². The van der Waals surface area contributed by atoms with Gasteiger partial charge in [-0.25, -0.2) is 4.98 Å². The van der Waals surface area contributed by atoms with Crippen LogP contribution in [0, 0.1) is 17.2 Å². The van der Waals surface area contributed by atoms with Gasteiger partial charge in [0.15, 0.2) is 0 Å². The molecule has 0 aliphatic rings. The van der Waals surface area contributed by atoms with Crippen molar-refractivity contribution in [3.05, 3.63) is 23.9 Å². The van der Waals surface area contributed by atoms with Gasteiger partial charge in [0, 0.05) is 12.7 Å². The molecule has 0 bridgehead atoms. The fourth-order valence-corrected chi connectivity index (χ4v) is 1.31. The summed E-state index contributed by atoms with van der Waals surface area (Å²) in [6.45, 7) is 2.37. The van der Waals surface area contributed by atoms with Gasteiger partial charge in [0.2, 0.25) is 0 Å². The van der Waals surface area contributed by atoms with Crippen LogP contribution in [0.15, 0.2) is 18.3 Å². The number of aromatic nitrogens is 1. The molecular weight excluding hydrogens is 218 g/mol. The molecule has 0 amide bonds. The number of carbonyl (C=O) groups is 1. The molecule has 5 nitrogen and oxygen atoms in total. The number of hydrogen-bond donors (Lipinski definition) is 2. The molecule has 0 aromatic carbocycles. The molecule has 1 rings (SSSR count). The molecule has 0 aliphatic carbocycles. The van der Waals surface area contributed by atoms with Crippen LogP contribution in [0.2, 0.25) is 0 Å². The fraction of sp³-hybridized carbons (Fsp3) is 0.417. The van der Waals surface area contributed by atoms with E-state index in [1.807, 2.05) is 6.07 Å². The van der Waals surface area contributed by atoms with Gasteiger partial charge >= 0.3 is 5.97 Å². The average Bonchev–Trinajstić information content (AvgIpc) is 2.35. The molecule has 1 aromatic rings. The zero-order chi connectivity index (χ0) is 12.7. The number of nitriles is 1. The third-order valence-corrected chi connectivity index (χ3v) is 2.43. The maximum Gasteiger partial charge on any atom is 0.306 e. The second kappa shape index (κ2) is 6.48. The highest BCUT2D eigenvalue weighted by Crippen LogP contribution is 2.07. The molecule has 1 unspecified atom stereocenters. The molecular formula is C12H15N3O2. The van der Waals surface area contributed by atoms with E-state index in [0.29, 0.717) is 24.3 Å². The number of anilines is 1. The van der Waals surface area contributed by atoms with E-state index >= 15 is 0 Å². The highest BCUT2D eigenvalue weighted by Gasteiger charge is 2.09. The molecule has 2 N–H and O–H groups in total. The van der Waals surface area contributed by atoms with Crippen LogP contribution in [-0.2, 0) is 4.79 Å². The van der Waals surface area contributed by atoms with Gasteiger partial charge < -0.3 is 10.4 Å². The third-order valence-electron chi connectivity index (χ3n) is 2.43. The smallest absolute Gasteiger partial charge is 0.306 e. The van der Waals surface area contributed by atoms with Crippen molar-refractivity contribution in [3.8, 4) is 6.07 Å². The number of carboxylic acids is 1. The first-order valence-corrected chi connectivity index (χ1v) is 5.46. The molecule has 90 valence electrons. The zero-order valence-electron chi connectivity index (χ0n) is 9.68. The van der Waals surface area contributed by atoms with Crippen molar-refractivity contribution >= 4 is 11.8 Å². The Labute approximate surface area is 100 Å². The lowest BCUT2D eigenvalue weighted by atomic mass is 10.1. The minimum Gasteiger partial charge on any atom is -0.481 e. The van der Waals surface area contributed by atoms with Crippen molar-refractivity contribution < 1.29 is 9.90 Å². The molecule has 5 heteroatoms. The number of nitrogens with one attached hydrogen (secondary N) is 1. The molecule has 17 heavy (non-hydrogen) atoms. The number of nitrogens with zero attached hydrogens (tertiary/aromatic N) is 2. The summed E-state index contributed by atoms with van der Waals surface area (Å²) < 4.78 is 0. The highest BCUT2D eigenvalue weighted by molar-refractivity contribution is 5.69. The molecule has 0 saturated heterocycles. The van der Waals surface area contributed by atoms with Crippen LogP contribution in [0.5, 0.6) is 0 Å².